The van der Waals surface area contributed by atoms with E-state index in [0.29, 0.717) is 12.5 Å². The van der Waals surface area contributed by atoms with Gasteiger partial charge in [0.1, 0.15) is 29.3 Å². The lowest BCUT2D eigenvalue weighted by Gasteiger charge is -2.55. The van der Waals surface area contributed by atoms with Gasteiger partial charge in [-0.3, -0.25) is 0 Å². The van der Waals surface area contributed by atoms with Gasteiger partial charge in [-0.2, -0.15) is 0 Å². The van der Waals surface area contributed by atoms with Crippen LogP contribution in [0, 0.1) is 17.3 Å². The Labute approximate surface area is 168 Å². The SMILES string of the molecule is CC1CCC(NC2CC(C)C(C)([C@]3(O)[C@H](S)O[C@H](CO)[C@H](O)[C@@H]3O)C2)CC1. The normalized spacial score (nSPS) is 54.2. The number of aliphatic hydroxyl groups is 4. The van der Waals surface area contributed by atoms with Crippen LogP contribution in [0.2, 0.25) is 0 Å². The first-order valence-corrected chi connectivity index (χ1v) is 10.9. The smallest absolute Gasteiger partial charge is 0.134 e. The maximum atomic E-state index is 11.6. The highest BCUT2D eigenvalue weighted by atomic mass is 32.1. The molecule has 5 N–H and O–H groups in total. The van der Waals surface area contributed by atoms with Crippen molar-refractivity contribution in [2.75, 3.05) is 6.61 Å². The molecule has 0 aromatic rings. The average molecular weight is 404 g/mol. The summed E-state index contributed by atoms with van der Waals surface area (Å²) in [6, 6.07) is 0.770. The molecule has 1 aliphatic heterocycles. The second-order valence-corrected chi connectivity index (χ2v) is 10.0. The minimum absolute atomic E-state index is 0.119. The van der Waals surface area contributed by atoms with Crippen LogP contribution < -0.4 is 5.32 Å². The average Bonchev–Trinajstić information content (AvgIpc) is 2.93. The summed E-state index contributed by atoms with van der Waals surface area (Å²) >= 11 is 4.42. The molecule has 7 heteroatoms. The van der Waals surface area contributed by atoms with Crippen molar-refractivity contribution in [3.05, 3.63) is 0 Å². The highest BCUT2D eigenvalue weighted by molar-refractivity contribution is 7.80. The Bertz CT molecular complexity index is 517. The van der Waals surface area contributed by atoms with E-state index in [1.807, 2.05) is 6.92 Å². The Hall–Kier alpha value is 0.110. The largest absolute Gasteiger partial charge is 0.394 e. The van der Waals surface area contributed by atoms with E-state index in [-0.39, 0.29) is 12.0 Å². The van der Waals surface area contributed by atoms with Gasteiger partial charge in [0.05, 0.1) is 6.61 Å². The van der Waals surface area contributed by atoms with Gasteiger partial charge in [-0.1, -0.05) is 20.8 Å². The molecule has 0 aromatic heterocycles. The summed E-state index contributed by atoms with van der Waals surface area (Å²) in [5.41, 5.74) is -3.34. The van der Waals surface area contributed by atoms with E-state index in [9.17, 15) is 20.4 Å². The summed E-state index contributed by atoms with van der Waals surface area (Å²) in [4.78, 5) is 0. The zero-order valence-corrected chi connectivity index (χ0v) is 17.6. The number of ether oxygens (including phenoxy) is 1. The third-order valence-electron chi connectivity index (χ3n) is 7.81. The first kappa shape index (κ1) is 21.8. The Morgan fingerprint density at radius 2 is 1.74 bits per heavy atom. The van der Waals surface area contributed by atoms with Crippen LogP contribution in [0.4, 0.5) is 0 Å². The molecular weight excluding hydrogens is 366 g/mol. The standard InChI is InChI=1S/C20H37NO5S/c1-11-4-6-13(7-5-11)21-14-8-12(2)19(3,9-14)20(25)17(24)16(23)15(10-22)26-18(20)27/h11-18,21-25,27H,4-10H2,1-3H3/t11?,12?,13?,14?,15-,16+,17+,18+,19?,20-/m1/s1. The molecule has 3 rings (SSSR count). The van der Waals surface area contributed by atoms with E-state index in [0.717, 1.165) is 12.3 Å². The molecule has 158 valence electrons. The molecular formula is C20H37NO5S. The van der Waals surface area contributed by atoms with Crippen LogP contribution in [-0.2, 0) is 4.74 Å². The summed E-state index contributed by atoms with van der Waals surface area (Å²) in [6.07, 6.45) is 2.74. The molecule has 27 heavy (non-hydrogen) atoms. The van der Waals surface area contributed by atoms with E-state index in [1.54, 1.807) is 0 Å². The molecule has 0 radical (unpaired) electrons. The Kier molecular flexibility index (Phi) is 6.54. The van der Waals surface area contributed by atoms with E-state index in [2.05, 4.69) is 31.8 Å². The van der Waals surface area contributed by atoms with Gasteiger partial charge in [0.15, 0.2) is 0 Å². The predicted octanol–water partition coefficient (Wildman–Crippen LogP) is 1.06. The lowest BCUT2D eigenvalue weighted by molar-refractivity contribution is -0.290. The molecule has 0 aromatic carbocycles. The molecule has 0 amide bonds. The number of aliphatic hydroxyl groups excluding tert-OH is 3. The van der Waals surface area contributed by atoms with E-state index in [1.165, 1.54) is 25.7 Å². The van der Waals surface area contributed by atoms with Crippen LogP contribution in [0.1, 0.15) is 59.3 Å². The topological polar surface area (TPSA) is 102 Å². The van der Waals surface area contributed by atoms with Crippen molar-refractivity contribution >= 4 is 12.6 Å². The first-order chi connectivity index (χ1) is 12.6. The zero-order chi connectivity index (χ0) is 20.0. The fourth-order valence-corrected chi connectivity index (χ4v) is 6.26. The van der Waals surface area contributed by atoms with E-state index in [4.69, 9.17) is 4.74 Å². The van der Waals surface area contributed by atoms with Crippen molar-refractivity contribution in [2.24, 2.45) is 17.3 Å². The second-order valence-electron chi connectivity index (χ2n) is 9.55. The summed E-state index contributed by atoms with van der Waals surface area (Å²) in [5.74, 6) is 0.922. The van der Waals surface area contributed by atoms with Crippen LogP contribution in [0.5, 0.6) is 0 Å². The van der Waals surface area contributed by atoms with Gasteiger partial charge in [-0.15, -0.1) is 12.6 Å². The highest BCUT2D eigenvalue weighted by Gasteiger charge is 2.65. The highest BCUT2D eigenvalue weighted by Crippen LogP contribution is 2.56. The number of hydrogen-bond donors (Lipinski definition) is 6. The van der Waals surface area contributed by atoms with Gasteiger partial charge >= 0.3 is 0 Å². The van der Waals surface area contributed by atoms with Gasteiger partial charge in [0.2, 0.25) is 0 Å². The summed E-state index contributed by atoms with van der Waals surface area (Å²) < 4.78 is 5.59. The fraction of sp³-hybridized carbons (Fsp3) is 1.00. The molecule has 2 aliphatic carbocycles. The van der Waals surface area contributed by atoms with Crippen LogP contribution in [0.15, 0.2) is 0 Å². The van der Waals surface area contributed by atoms with Crippen LogP contribution in [0.3, 0.4) is 0 Å². The minimum Gasteiger partial charge on any atom is -0.394 e. The quantitative estimate of drug-likeness (QED) is 0.393. The lowest BCUT2D eigenvalue weighted by Crippen LogP contribution is -2.71. The van der Waals surface area contributed by atoms with Crippen molar-refractivity contribution in [1.29, 1.82) is 0 Å². The summed E-state index contributed by atoms with van der Waals surface area (Å²) in [6.45, 7) is 5.93. The Balaban J connectivity index is 1.74. The number of rotatable bonds is 4. The third-order valence-corrected chi connectivity index (χ3v) is 8.33. The van der Waals surface area contributed by atoms with Gasteiger partial charge in [-0.05, 0) is 50.4 Å². The van der Waals surface area contributed by atoms with E-state index < -0.39 is 41.4 Å². The van der Waals surface area contributed by atoms with Gasteiger partial charge < -0.3 is 30.5 Å². The summed E-state index contributed by atoms with van der Waals surface area (Å²) in [7, 11) is 0. The second kappa shape index (κ2) is 8.09. The van der Waals surface area contributed by atoms with Gasteiger partial charge in [-0.25, -0.2) is 0 Å². The summed E-state index contributed by atoms with van der Waals surface area (Å²) in [5, 5.41) is 45.9. The number of hydrogen-bond acceptors (Lipinski definition) is 7. The maximum Gasteiger partial charge on any atom is 0.134 e. The minimum atomic E-state index is -1.70. The lowest BCUT2D eigenvalue weighted by atomic mass is 9.62. The molecule has 2 saturated carbocycles. The fourth-order valence-electron chi connectivity index (χ4n) is 5.66. The van der Waals surface area contributed by atoms with Crippen molar-refractivity contribution in [2.45, 2.75) is 101 Å². The van der Waals surface area contributed by atoms with Crippen molar-refractivity contribution in [1.82, 2.24) is 5.32 Å². The molecule has 6 nitrogen and oxygen atoms in total. The molecule has 1 saturated heterocycles. The van der Waals surface area contributed by atoms with Gasteiger partial charge in [0, 0.05) is 17.5 Å². The van der Waals surface area contributed by atoms with E-state index >= 15 is 0 Å². The first-order valence-electron chi connectivity index (χ1n) is 10.4. The van der Waals surface area contributed by atoms with Crippen molar-refractivity contribution in [3.63, 3.8) is 0 Å². The van der Waals surface area contributed by atoms with Crippen molar-refractivity contribution < 1.29 is 25.2 Å². The molecule has 8 atom stereocenters. The molecule has 3 aliphatic rings. The van der Waals surface area contributed by atoms with Crippen LogP contribution in [0.25, 0.3) is 0 Å². The maximum absolute atomic E-state index is 11.6. The zero-order valence-electron chi connectivity index (χ0n) is 16.7. The Morgan fingerprint density at radius 3 is 2.33 bits per heavy atom. The Morgan fingerprint density at radius 1 is 1.11 bits per heavy atom. The molecule has 0 spiro atoms. The molecule has 1 heterocycles. The van der Waals surface area contributed by atoms with Gasteiger partial charge in [0.25, 0.3) is 0 Å². The van der Waals surface area contributed by atoms with Crippen LogP contribution in [-0.4, -0.2) is 68.5 Å². The number of nitrogens with one attached hydrogen (secondary N) is 1. The third kappa shape index (κ3) is 3.69. The van der Waals surface area contributed by atoms with Crippen LogP contribution >= 0.6 is 12.6 Å². The molecule has 0 bridgehead atoms. The molecule has 3 fully saturated rings. The monoisotopic (exact) mass is 403 g/mol. The van der Waals surface area contributed by atoms with Crippen molar-refractivity contribution in [3.8, 4) is 0 Å². The predicted molar refractivity (Wildman–Crippen MR) is 107 cm³/mol. The number of thiol groups is 1. The molecule has 3 unspecified atom stereocenters.